The maximum absolute atomic E-state index is 8.80. The zero-order valence-corrected chi connectivity index (χ0v) is 8.94. The van der Waals surface area contributed by atoms with Crippen molar-refractivity contribution < 1.29 is 4.74 Å². The van der Waals surface area contributed by atoms with Crippen LogP contribution in [-0.2, 0) is 4.74 Å². The second kappa shape index (κ2) is 4.81. The van der Waals surface area contributed by atoms with E-state index in [9.17, 15) is 0 Å². The number of ether oxygens (including phenoxy) is 1. The largest absolute Gasteiger partial charge is 0.396 e. The van der Waals surface area contributed by atoms with Crippen LogP contribution in [0.3, 0.4) is 0 Å². The smallest absolute Gasteiger partial charge is 0.165 e. The molecule has 1 aromatic heterocycles. The van der Waals surface area contributed by atoms with E-state index in [0.29, 0.717) is 18.1 Å². The SMILES string of the molecule is N#Cc1nc(NC2CCCOC2)ccc1N. The van der Waals surface area contributed by atoms with Crippen LogP contribution in [0.5, 0.6) is 0 Å². The molecule has 1 saturated heterocycles. The molecule has 1 aromatic rings. The van der Waals surface area contributed by atoms with E-state index in [0.717, 1.165) is 19.4 Å². The molecule has 16 heavy (non-hydrogen) atoms. The molecule has 1 unspecified atom stereocenters. The molecule has 5 heteroatoms. The van der Waals surface area contributed by atoms with Crippen molar-refractivity contribution in [3.8, 4) is 6.07 Å². The summed E-state index contributed by atoms with van der Waals surface area (Å²) in [6, 6.07) is 5.71. The normalized spacial score (nSPS) is 20.1. The predicted octanol–water partition coefficient (Wildman–Crippen LogP) is 1.13. The Labute approximate surface area is 94.2 Å². The number of pyridine rings is 1. The van der Waals surface area contributed by atoms with Crippen molar-refractivity contribution in [2.24, 2.45) is 0 Å². The zero-order chi connectivity index (χ0) is 11.4. The van der Waals surface area contributed by atoms with Crippen molar-refractivity contribution in [1.29, 1.82) is 5.26 Å². The van der Waals surface area contributed by atoms with E-state index in [1.165, 1.54) is 0 Å². The average Bonchev–Trinajstić information content (AvgIpc) is 2.33. The highest BCUT2D eigenvalue weighted by Gasteiger charge is 2.14. The van der Waals surface area contributed by atoms with E-state index in [-0.39, 0.29) is 11.7 Å². The standard InChI is InChI=1S/C11H14N4O/c12-6-10-9(13)3-4-11(15-10)14-8-2-1-5-16-7-8/h3-4,8H,1-2,5,7,13H2,(H,14,15). The van der Waals surface area contributed by atoms with Crippen molar-refractivity contribution in [3.63, 3.8) is 0 Å². The minimum Gasteiger partial charge on any atom is -0.396 e. The third-order valence-corrected chi connectivity index (χ3v) is 2.54. The number of anilines is 2. The molecular formula is C11H14N4O. The molecule has 2 rings (SSSR count). The molecule has 5 nitrogen and oxygen atoms in total. The molecule has 1 aliphatic heterocycles. The van der Waals surface area contributed by atoms with Gasteiger partial charge in [-0.2, -0.15) is 5.26 Å². The third kappa shape index (κ3) is 2.41. The maximum Gasteiger partial charge on any atom is 0.165 e. The van der Waals surface area contributed by atoms with Gasteiger partial charge in [0.05, 0.1) is 18.3 Å². The van der Waals surface area contributed by atoms with Crippen molar-refractivity contribution in [2.45, 2.75) is 18.9 Å². The van der Waals surface area contributed by atoms with Crippen LogP contribution >= 0.6 is 0 Å². The first-order valence-corrected chi connectivity index (χ1v) is 5.30. The number of nitrogen functional groups attached to an aromatic ring is 1. The van der Waals surface area contributed by atoms with E-state index < -0.39 is 0 Å². The molecule has 1 atom stereocenters. The first kappa shape index (κ1) is 10.7. The number of aromatic nitrogens is 1. The molecule has 0 radical (unpaired) electrons. The van der Waals surface area contributed by atoms with Crippen LogP contribution in [0.15, 0.2) is 12.1 Å². The molecule has 0 amide bonds. The van der Waals surface area contributed by atoms with E-state index >= 15 is 0 Å². The topological polar surface area (TPSA) is 84.0 Å². The molecule has 84 valence electrons. The van der Waals surface area contributed by atoms with Gasteiger partial charge in [-0.1, -0.05) is 0 Å². The van der Waals surface area contributed by atoms with Crippen LogP contribution in [0.25, 0.3) is 0 Å². The highest BCUT2D eigenvalue weighted by Crippen LogP contribution is 2.15. The van der Waals surface area contributed by atoms with Gasteiger partial charge in [0.1, 0.15) is 11.9 Å². The van der Waals surface area contributed by atoms with E-state index in [1.807, 2.05) is 6.07 Å². The van der Waals surface area contributed by atoms with Gasteiger partial charge in [-0.3, -0.25) is 0 Å². The first-order chi connectivity index (χ1) is 7.79. The van der Waals surface area contributed by atoms with Crippen LogP contribution in [0, 0.1) is 11.3 Å². The van der Waals surface area contributed by atoms with Gasteiger partial charge in [-0.25, -0.2) is 4.98 Å². The van der Waals surface area contributed by atoms with E-state index in [1.54, 1.807) is 12.1 Å². The monoisotopic (exact) mass is 218 g/mol. The first-order valence-electron chi connectivity index (χ1n) is 5.30. The molecule has 2 heterocycles. The summed E-state index contributed by atoms with van der Waals surface area (Å²) in [7, 11) is 0. The van der Waals surface area contributed by atoms with Gasteiger partial charge in [0, 0.05) is 6.61 Å². The van der Waals surface area contributed by atoms with Crippen molar-refractivity contribution in [1.82, 2.24) is 4.98 Å². The van der Waals surface area contributed by atoms with Crippen molar-refractivity contribution >= 4 is 11.5 Å². The van der Waals surface area contributed by atoms with Crippen molar-refractivity contribution in [3.05, 3.63) is 17.8 Å². The summed E-state index contributed by atoms with van der Waals surface area (Å²) >= 11 is 0. The summed E-state index contributed by atoms with van der Waals surface area (Å²) in [4.78, 5) is 4.13. The van der Waals surface area contributed by atoms with Crippen LogP contribution in [-0.4, -0.2) is 24.2 Å². The maximum atomic E-state index is 8.80. The molecule has 0 bridgehead atoms. The van der Waals surface area contributed by atoms with Gasteiger partial charge in [-0.05, 0) is 25.0 Å². The molecule has 0 spiro atoms. The lowest BCUT2D eigenvalue weighted by molar-refractivity contribution is 0.0875. The lowest BCUT2D eigenvalue weighted by Gasteiger charge is -2.23. The molecule has 0 aliphatic carbocycles. The van der Waals surface area contributed by atoms with Gasteiger partial charge in [0.2, 0.25) is 0 Å². The number of nitriles is 1. The lowest BCUT2D eigenvalue weighted by atomic mass is 10.1. The molecule has 1 fully saturated rings. The Kier molecular flexibility index (Phi) is 3.22. The Balaban J connectivity index is 2.06. The number of nitrogens with one attached hydrogen (secondary N) is 1. The minimum absolute atomic E-state index is 0.265. The number of hydrogen-bond acceptors (Lipinski definition) is 5. The summed E-state index contributed by atoms with van der Waals surface area (Å²) < 4.78 is 5.35. The molecule has 1 aliphatic rings. The third-order valence-electron chi connectivity index (χ3n) is 2.54. The number of nitrogens with zero attached hydrogens (tertiary/aromatic N) is 2. The zero-order valence-electron chi connectivity index (χ0n) is 8.94. The summed E-state index contributed by atoms with van der Waals surface area (Å²) in [5.74, 6) is 0.682. The quantitative estimate of drug-likeness (QED) is 0.777. The second-order valence-corrected chi connectivity index (χ2v) is 3.80. The highest BCUT2D eigenvalue weighted by atomic mass is 16.5. The average molecular weight is 218 g/mol. The van der Waals surface area contributed by atoms with Crippen LogP contribution in [0.2, 0.25) is 0 Å². The van der Waals surface area contributed by atoms with E-state index in [4.69, 9.17) is 15.7 Å². The van der Waals surface area contributed by atoms with Gasteiger partial charge in [-0.15, -0.1) is 0 Å². The number of rotatable bonds is 2. The Hall–Kier alpha value is -1.80. The van der Waals surface area contributed by atoms with E-state index in [2.05, 4.69) is 10.3 Å². The molecule has 3 N–H and O–H groups in total. The van der Waals surface area contributed by atoms with Crippen LogP contribution in [0.4, 0.5) is 11.5 Å². The Bertz CT molecular complexity index is 407. The Morgan fingerprint density at radius 2 is 2.44 bits per heavy atom. The summed E-state index contributed by atoms with van der Waals surface area (Å²) in [5, 5.41) is 12.0. The Morgan fingerprint density at radius 1 is 1.56 bits per heavy atom. The fraction of sp³-hybridized carbons (Fsp3) is 0.455. The molecule has 0 saturated carbocycles. The van der Waals surface area contributed by atoms with Gasteiger partial charge < -0.3 is 15.8 Å². The summed E-state index contributed by atoms with van der Waals surface area (Å²) in [5.41, 5.74) is 6.27. The predicted molar refractivity (Wildman–Crippen MR) is 60.8 cm³/mol. The van der Waals surface area contributed by atoms with Gasteiger partial charge in [0.15, 0.2) is 5.69 Å². The fourth-order valence-electron chi connectivity index (χ4n) is 1.70. The fourth-order valence-corrected chi connectivity index (χ4v) is 1.70. The second-order valence-electron chi connectivity index (χ2n) is 3.80. The molecular weight excluding hydrogens is 204 g/mol. The summed E-state index contributed by atoms with van der Waals surface area (Å²) in [6.07, 6.45) is 2.12. The van der Waals surface area contributed by atoms with Gasteiger partial charge in [0.25, 0.3) is 0 Å². The number of nitrogens with two attached hydrogens (primary N) is 1. The van der Waals surface area contributed by atoms with Crippen LogP contribution < -0.4 is 11.1 Å². The van der Waals surface area contributed by atoms with Crippen molar-refractivity contribution in [2.75, 3.05) is 24.3 Å². The minimum atomic E-state index is 0.265. The van der Waals surface area contributed by atoms with Gasteiger partial charge >= 0.3 is 0 Å². The molecule has 0 aromatic carbocycles. The van der Waals surface area contributed by atoms with Crippen LogP contribution in [0.1, 0.15) is 18.5 Å². The summed E-state index contributed by atoms with van der Waals surface area (Å²) in [6.45, 7) is 1.52. The number of hydrogen-bond donors (Lipinski definition) is 2. The highest BCUT2D eigenvalue weighted by molar-refractivity contribution is 5.54. The lowest BCUT2D eigenvalue weighted by Crippen LogP contribution is -2.30. The Morgan fingerprint density at radius 3 is 3.12 bits per heavy atom.